The molecule has 0 atom stereocenters. The molecular formula is C12H21N3O. The minimum absolute atomic E-state index is 0.643. The molecule has 1 aliphatic rings. The Morgan fingerprint density at radius 3 is 2.94 bits per heavy atom. The fraction of sp³-hybridized carbons (Fsp3) is 0.750. The molecule has 1 fully saturated rings. The van der Waals surface area contributed by atoms with Gasteiger partial charge in [-0.3, -0.25) is 0 Å². The zero-order valence-corrected chi connectivity index (χ0v) is 9.98. The van der Waals surface area contributed by atoms with Crippen molar-refractivity contribution in [3.8, 4) is 0 Å². The zero-order chi connectivity index (χ0) is 11.2. The average molecular weight is 223 g/mol. The fourth-order valence-electron chi connectivity index (χ4n) is 2.25. The molecule has 0 aromatic carbocycles. The molecule has 1 aliphatic heterocycles. The highest BCUT2D eigenvalue weighted by Crippen LogP contribution is 2.11. The first-order chi connectivity index (χ1) is 7.88. The summed E-state index contributed by atoms with van der Waals surface area (Å²) in [7, 11) is 0. The van der Waals surface area contributed by atoms with Crippen LogP contribution in [0.15, 0.2) is 16.9 Å². The number of aromatic nitrogens is 1. The molecule has 4 nitrogen and oxygen atoms in total. The number of hydrogen-bond acceptors (Lipinski definition) is 4. The van der Waals surface area contributed by atoms with Crippen molar-refractivity contribution < 1.29 is 4.52 Å². The van der Waals surface area contributed by atoms with Crippen LogP contribution in [0.5, 0.6) is 0 Å². The van der Waals surface area contributed by atoms with E-state index in [2.05, 4.69) is 22.3 Å². The van der Waals surface area contributed by atoms with E-state index in [1.807, 2.05) is 6.07 Å². The van der Waals surface area contributed by atoms with Gasteiger partial charge in [-0.1, -0.05) is 12.1 Å². The quantitative estimate of drug-likeness (QED) is 0.824. The van der Waals surface area contributed by atoms with Crippen molar-refractivity contribution in [3.05, 3.63) is 18.0 Å². The molecule has 4 heteroatoms. The number of nitrogens with zero attached hydrogens (tertiary/aromatic N) is 2. The molecule has 0 bridgehead atoms. The second kappa shape index (κ2) is 6.01. The molecule has 0 spiro atoms. The van der Waals surface area contributed by atoms with Crippen LogP contribution in [-0.2, 0) is 6.54 Å². The molecule has 1 aromatic rings. The topological polar surface area (TPSA) is 41.3 Å². The molecule has 90 valence electrons. The predicted molar refractivity (Wildman–Crippen MR) is 63.1 cm³/mol. The molecule has 1 N–H and O–H groups in total. The number of hydrogen-bond donors (Lipinski definition) is 1. The summed E-state index contributed by atoms with van der Waals surface area (Å²) in [5, 5.41) is 7.43. The van der Waals surface area contributed by atoms with Gasteiger partial charge in [0.1, 0.15) is 6.26 Å². The lowest BCUT2D eigenvalue weighted by Gasteiger charge is -2.32. The van der Waals surface area contributed by atoms with Crippen LogP contribution in [0, 0.1) is 0 Å². The van der Waals surface area contributed by atoms with Crippen molar-refractivity contribution in [1.29, 1.82) is 0 Å². The first-order valence-corrected chi connectivity index (χ1v) is 6.23. The molecule has 2 heterocycles. The highest BCUT2D eigenvalue weighted by molar-refractivity contribution is 4.95. The lowest BCUT2D eigenvalue weighted by atomic mass is 10.0. The minimum Gasteiger partial charge on any atom is -0.364 e. The fourth-order valence-corrected chi connectivity index (χ4v) is 2.25. The van der Waals surface area contributed by atoms with Crippen LogP contribution < -0.4 is 5.32 Å². The van der Waals surface area contributed by atoms with Gasteiger partial charge in [0, 0.05) is 18.7 Å². The summed E-state index contributed by atoms with van der Waals surface area (Å²) in [6.07, 6.45) is 5.38. The van der Waals surface area contributed by atoms with Gasteiger partial charge in [-0.05, 0) is 38.9 Å². The third-order valence-corrected chi connectivity index (χ3v) is 3.19. The van der Waals surface area contributed by atoms with E-state index < -0.39 is 0 Å². The predicted octanol–water partition coefficient (Wildman–Crippen LogP) is 1.64. The highest BCUT2D eigenvalue weighted by Gasteiger charge is 2.17. The highest BCUT2D eigenvalue weighted by atomic mass is 16.5. The maximum Gasteiger partial charge on any atom is 0.124 e. The summed E-state index contributed by atoms with van der Waals surface area (Å²) < 4.78 is 4.81. The monoisotopic (exact) mass is 223 g/mol. The first kappa shape index (κ1) is 11.6. The number of nitrogens with one attached hydrogen (secondary N) is 1. The van der Waals surface area contributed by atoms with Gasteiger partial charge < -0.3 is 14.7 Å². The first-order valence-electron chi connectivity index (χ1n) is 6.23. The molecule has 16 heavy (non-hydrogen) atoms. The van der Waals surface area contributed by atoms with Crippen molar-refractivity contribution in [3.63, 3.8) is 0 Å². The Bertz CT molecular complexity index is 278. The van der Waals surface area contributed by atoms with E-state index in [4.69, 9.17) is 4.52 Å². The number of likely N-dealkylation sites (tertiary alicyclic amines) is 1. The van der Waals surface area contributed by atoms with E-state index >= 15 is 0 Å². The maximum absolute atomic E-state index is 4.81. The zero-order valence-electron chi connectivity index (χ0n) is 9.98. The Labute approximate surface area is 97.0 Å². The number of piperidine rings is 1. The Balaban J connectivity index is 1.65. The van der Waals surface area contributed by atoms with Crippen molar-refractivity contribution >= 4 is 0 Å². The molecule has 0 aliphatic carbocycles. The summed E-state index contributed by atoms with van der Waals surface area (Å²) in [6, 6.07) is 2.56. The summed E-state index contributed by atoms with van der Waals surface area (Å²) in [4.78, 5) is 2.55. The van der Waals surface area contributed by atoms with Gasteiger partial charge in [-0.25, -0.2) is 0 Å². The summed E-state index contributed by atoms with van der Waals surface area (Å²) >= 11 is 0. The standard InChI is InChI=1S/C12H21N3O/c1-2-6-15-7-3-11(4-8-15)13-10-12-5-9-16-14-12/h5,9,11,13H,2-4,6-8,10H2,1H3. The van der Waals surface area contributed by atoms with Crippen LogP contribution >= 0.6 is 0 Å². The molecule has 0 saturated carbocycles. The number of rotatable bonds is 5. The van der Waals surface area contributed by atoms with E-state index in [0.717, 1.165) is 12.2 Å². The van der Waals surface area contributed by atoms with Gasteiger partial charge >= 0.3 is 0 Å². The largest absolute Gasteiger partial charge is 0.364 e. The SMILES string of the molecule is CCCN1CCC(NCc2ccon2)CC1. The Hall–Kier alpha value is -0.870. The van der Waals surface area contributed by atoms with Crippen molar-refractivity contribution in [1.82, 2.24) is 15.4 Å². The van der Waals surface area contributed by atoms with Crippen LogP contribution in [-0.4, -0.2) is 35.7 Å². The summed E-state index contributed by atoms with van der Waals surface area (Å²) in [5.74, 6) is 0. The summed E-state index contributed by atoms with van der Waals surface area (Å²) in [5.41, 5.74) is 0.996. The second-order valence-electron chi connectivity index (χ2n) is 4.49. The van der Waals surface area contributed by atoms with Crippen LogP contribution in [0.2, 0.25) is 0 Å². The van der Waals surface area contributed by atoms with Crippen molar-refractivity contribution in [2.75, 3.05) is 19.6 Å². The maximum atomic E-state index is 4.81. The Morgan fingerprint density at radius 2 is 2.31 bits per heavy atom. The lowest BCUT2D eigenvalue weighted by molar-refractivity contribution is 0.197. The van der Waals surface area contributed by atoms with Gasteiger partial charge in [0.15, 0.2) is 0 Å². The van der Waals surface area contributed by atoms with Crippen LogP contribution in [0.1, 0.15) is 31.9 Å². The van der Waals surface area contributed by atoms with E-state index in [0.29, 0.717) is 6.04 Å². The third-order valence-electron chi connectivity index (χ3n) is 3.19. The van der Waals surface area contributed by atoms with Crippen molar-refractivity contribution in [2.24, 2.45) is 0 Å². The molecule has 0 amide bonds. The molecule has 1 saturated heterocycles. The molecular weight excluding hydrogens is 202 g/mol. The minimum atomic E-state index is 0.643. The van der Waals surface area contributed by atoms with E-state index in [1.54, 1.807) is 6.26 Å². The van der Waals surface area contributed by atoms with Crippen LogP contribution in [0.4, 0.5) is 0 Å². The molecule has 0 unspecified atom stereocenters. The smallest absolute Gasteiger partial charge is 0.124 e. The molecule has 1 aromatic heterocycles. The van der Waals surface area contributed by atoms with Crippen LogP contribution in [0.25, 0.3) is 0 Å². The Kier molecular flexibility index (Phi) is 4.36. The van der Waals surface area contributed by atoms with Gasteiger partial charge in [-0.15, -0.1) is 0 Å². The molecule has 2 rings (SSSR count). The van der Waals surface area contributed by atoms with E-state index in [-0.39, 0.29) is 0 Å². The van der Waals surface area contributed by atoms with E-state index in [1.165, 1.54) is 38.9 Å². The molecule has 0 radical (unpaired) electrons. The third kappa shape index (κ3) is 3.32. The average Bonchev–Trinajstić information content (AvgIpc) is 2.82. The van der Waals surface area contributed by atoms with Gasteiger partial charge in [0.25, 0.3) is 0 Å². The van der Waals surface area contributed by atoms with Crippen molar-refractivity contribution in [2.45, 2.75) is 38.8 Å². The van der Waals surface area contributed by atoms with Crippen LogP contribution in [0.3, 0.4) is 0 Å². The second-order valence-corrected chi connectivity index (χ2v) is 4.49. The van der Waals surface area contributed by atoms with E-state index in [9.17, 15) is 0 Å². The summed E-state index contributed by atoms with van der Waals surface area (Å²) in [6.45, 7) is 6.77. The van der Waals surface area contributed by atoms with Gasteiger partial charge in [0.2, 0.25) is 0 Å². The van der Waals surface area contributed by atoms with Gasteiger partial charge in [-0.2, -0.15) is 0 Å². The normalized spacial score (nSPS) is 19.1. The van der Waals surface area contributed by atoms with Gasteiger partial charge in [0.05, 0.1) is 5.69 Å². The lowest BCUT2D eigenvalue weighted by Crippen LogP contribution is -2.42. The Morgan fingerprint density at radius 1 is 1.50 bits per heavy atom.